The van der Waals surface area contributed by atoms with Crippen molar-refractivity contribution in [3.05, 3.63) is 0 Å². The highest BCUT2D eigenvalue weighted by Crippen LogP contribution is 2.25. The fourth-order valence-electron chi connectivity index (χ4n) is 2.15. The Morgan fingerprint density at radius 2 is 2.43 bits per heavy atom. The van der Waals surface area contributed by atoms with Gasteiger partial charge in [0, 0.05) is 32.3 Å². The van der Waals surface area contributed by atoms with Gasteiger partial charge >= 0.3 is 0 Å². The van der Waals surface area contributed by atoms with Gasteiger partial charge < -0.3 is 9.47 Å². The van der Waals surface area contributed by atoms with E-state index in [2.05, 4.69) is 12.3 Å². The zero-order valence-electron chi connectivity index (χ0n) is 9.16. The molecule has 1 rings (SSSR count). The van der Waals surface area contributed by atoms with Crippen LogP contribution in [-0.2, 0) is 9.47 Å². The molecule has 1 aliphatic rings. The summed E-state index contributed by atoms with van der Waals surface area (Å²) in [7, 11) is 1.73. The summed E-state index contributed by atoms with van der Waals surface area (Å²) >= 11 is 0. The summed E-state index contributed by atoms with van der Waals surface area (Å²) in [4.78, 5) is 0. The molecule has 1 saturated heterocycles. The third-order valence-corrected chi connectivity index (χ3v) is 3.03. The van der Waals surface area contributed by atoms with E-state index in [9.17, 15) is 0 Å². The average Bonchev–Trinajstić information content (AvgIpc) is 2.60. The van der Waals surface area contributed by atoms with Crippen molar-refractivity contribution in [2.75, 3.05) is 20.3 Å². The smallest absolute Gasteiger partial charge is 0.0591 e. The molecule has 4 heteroatoms. The van der Waals surface area contributed by atoms with Crippen LogP contribution in [0, 0.1) is 5.92 Å². The molecular formula is C10H22N2O2. The van der Waals surface area contributed by atoms with Crippen LogP contribution in [0.3, 0.4) is 0 Å². The summed E-state index contributed by atoms with van der Waals surface area (Å²) in [5.41, 5.74) is 2.90. The van der Waals surface area contributed by atoms with Crippen LogP contribution in [0.15, 0.2) is 0 Å². The predicted molar refractivity (Wildman–Crippen MR) is 55.7 cm³/mol. The number of methoxy groups -OCH3 is 1. The molecule has 0 saturated carbocycles. The van der Waals surface area contributed by atoms with E-state index in [4.69, 9.17) is 15.3 Å². The number of nitrogens with two attached hydrogens (primary N) is 1. The van der Waals surface area contributed by atoms with E-state index in [-0.39, 0.29) is 0 Å². The zero-order chi connectivity index (χ0) is 10.4. The van der Waals surface area contributed by atoms with Gasteiger partial charge in [-0.1, -0.05) is 0 Å². The fraction of sp³-hybridized carbons (Fsp3) is 1.00. The Morgan fingerprint density at radius 1 is 1.64 bits per heavy atom. The zero-order valence-corrected chi connectivity index (χ0v) is 9.16. The van der Waals surface area contributed by atoms with E-state index in [0.29, 0.717) is 18.1 Å². The van der Waals surface area contributed by atoms with Crippen molar-refractivity contribution in [2.24, 2.45) is 11.8 Å². The molecule has 3 N–H and O–H groups in total. The molecule has 0 aliphatic carbocycles. The highest BCUT2D eigenvalue weighted by Gasteiger charge is 2.30. The van der Waals surface area contributed by atoms with Crippen molar-refractivity contribution >= 4 is 0 Å². The molecule has 0 amide bonds. The summed E-state index contributed by atoms with van der Waals surface area (Å²) in [5, 5.41) is 0. The van der Waals surface area contributed by atoms with Gasteiger partial charge in [0.2, 0.25) is 0 Å². The van der Waals surface area contributed by atoms with Gasteiger partial charge in [0.25, 0.3) is 0 Å². The van der Waals surface area contributed by atoms with E-state index in [1.54, 1.807) is 7.11 Å². The first-order chi connectivity index (χ1) is 6.79. The van der Waals surface area contributed by atoms with Crippen molar-refractivity contribution in [2.45, 2.75) is 38.3 Å². The molecule has 4 nitrogen and oxygen atoms in total. The van der Waals surface area contributed by atoms with E-state index >= 15 is 0 Å². The predicted octanol–water partition coefficient (Wildman–Crippen LogP) is 0.670. The van der Waals surface area contributed by atoms with E-state index < -0.39 is 0 Å². The quantitative estimate of drug-likeness (QED) is 0.377. The van der Waals surface area contributed by atoms with Crippen molar-refractivity contribution in [1.29, 1.82) is 0 Å². The summed E-state index contributed by atoms with van der Waals surface area (Å²) in [6.07, 6.45) is 3.55. The Morgan fingerprint density at radius 3 is 2.93 bits per heavy atom. The Hall–Kier alpha value is -0.160. The van der Waals surface area contributed by atoms with Gasteiger partial charge in [-0.05, 0) is 26.2 Å². The molecule has 1 fully saturated rings. The molecule has 1 heterocycles. The van der Waals surface area contributed by atoms with Crippen LogP contribution >= 0.6 is 0 Å². The van der Waals surface area contributed by atoms with Crippen molar-refractivity contribution in [3.63, 3.8) is 0 Å². The van der Waals surface area contributed by atoms with Crippen LogP contribution in [0.2, 0.25) is 0 Å². The standard InChI is InChI=1S/C10H22N2O2/c1-8-9(5-7-14-8)10(12-11)4-3-6-13-2/h8-10,12H,3-7,11H2,1-2H3. The molecule has 0 bridgehead atoms. The molecule has 0 aromatic heterocycles. The van der Waals surface area contributed by atoms with Crippen LogP contribution in [0.25, 0.3) is 0 Å². The minimum Gasteiger partial charge on any atom is -0.385 e. The van der Waals surface area contributed by atoms with Crippen molar-refractivity contribution in [3.8, 4) is 0 Å². The minimum atomic E-state index is 0.332. The molecule has 84 valence electrons. The number of hydrazine groups is 1. The number of hydrogen-bond donors (Lipinski definition) is 2. The maximum absolute atomic E-state index is 5.55. The molecular weight excluding hydrogens is 180 g/mol. The van der Waals surface area contributed by atoms with E-state index in [1.165, 1.54) is 0 Å². The summed E-state index contributed by atoms with van der Waals surface area (Å²) in [5.74, 6) is 6.10. The maximum atomic E-state index is 5.55. The summed E-state index contributed by atoms with van der Waals surface area (Å²) < 4.78 is 10.6. The van der Waals surface area contributed by atoms with Crippen LogP contribution in [0.5, 0.6) is 0 Å². The number of hydrogen-bond acceptors (Lipinski definition) is 4. The second-order valence-corrected chi connectivity index (χ2v) is 3.94. The molecule has 0 radical (unpaired) electrons. The SMILES string of the molecule is COCCCC(NN)C1CCOC1C. The van der Waals surface area contributed by atoms with Crippen LogP contribution in [0.4, 0.5) is 0 Å². The monoisotopic (exact) mass is 202 g/mol. The first-order valence-corrected chi connectivity index (χ1v) is 5.36. The molecule has 3 atom stereocenters. The highest BCUT2D eigenvalue weighted by molar-refractivity contribution is 4.82. The molecule has 14 heavy (non-hydrogen) atoms. The van der Waals surface area contributed by atoms with Crippen LogP contribution < -0.4 is 11.3 Å². The Kier molecular flexibility index (Phi) is 5.40. The normalized spacial score (nSPS) is 29.4. The summed E-state index contributed by atoms with van der Waals surface area (Å²) in [6, 6.07) is 0.364. The fourth-order valence-corrected chi connectivity index (χ4v) is 2.15. The second-order valence-electron chi connectivity index (χ2n) is 3.94. The Bertz CT molecular complexity index is 155. The lowest BCUT2D eigenvalue weighted by molar-refractivity contribution is 0.0922. The third kappa shape index (κ3) is 3.20. The third-order valence-electron chi connectivity index (χ3n) is 3.03. The first-order valence-electron chi connectivity index (χ1n) is 5.36. The number of nitrogens with one attached hydrogen (secondary N) is 1. The topological polar surface area (TPSA) is 56.5 Å². The van der Waals surface area contributed by atoms with E-state index in [0.717, 1.165) is 32.5 Å². The average molecular weight is 202 g/mol. The molecule has 0 aromatic rings. The summed E-state index contributed by atoms with van der Waals surface area (Å²) in [6.45, 7) is 3.80. The van der Waals surface area contributed by atoms with Gasteiger partial charge in [-0.3, -0.25) is 11.3 Å². The van der Waals surface area contributed by atoms with Gasteiger partial charge in [-0.15, -0.1) is 0 Å². The lowest BCUT2D eigenvalue weighted by Crippen LogP contribution is -2.43. The van der Waals surface area contributed by atoms with Crippen molar-refractivity contribution in [1.82, 2.24) is 5.43 Å². The minimum absolute atomic E-state index is 0.332. The second kappa shape index (κ2) is 6.35. The first kappa shape index (κ1) is 11.9. The van der Waals surface area contributed by atoms with Gasteiger partial charge in [0.15, 0.2) is 0 Å². The van der Waals surface area contributed by atoms with Gasteiger partial charge in [0.05, 0.1) is 6.10 Å². The molecule has 0 aromatic carbocycles. The Labute approximate surface area is 86.1 Å². The number of ether oxygens (including phenoxy) is 2. The lowest BCUT2D eigenvalue weighted by Gasteiger charge is -2.24. The largest absolute Gasteiger partial charge is 0.385 e. The lowest BCUT2D eigenvalue weighted by atomic mass is 9.91. The molecule has 0 spiro atoms. The van der Waals surface area contributed by atoms with Gasteiger partial charge in [0.1, 0.15) is 0 Å². The highest BCUT2D eigenvalue weighted by atomic mass is 16.5. The van der Waals surface area contributed by atoms with Crippen molar-refractivity contribution < 1.29 is 9.47 Å². The molecule has 3 unspecified atom stereocenters. The van der Waals surface area contributed by atoms with Gasteiger partial charge in [-0.25, -0.2) is 0 Å². The molecule has 1 aliphatic heterocycles. The number of rotatable bonds is 6. The van der Waals surface area contributed by atoms with E-state index in [1.807, 2.05) is 0 Å². The maximum Gasteiger partial charge on any atom is 0.0591 e. The van der Waals surface area contributed by atoms with Crippen LogP contribution in [-0.4, -0.2) is 32.5 Å². The Balaban J connectivity index is 2.29. The van der Waals surface area contributed by atoms with Gasteiger partial charge in [-0.2, -0.15) is 0 Å². The van der Waals surface area contributed by atoms with Crippen LogP contribution in [0.1, 0.15) is 26.2 Å².